The van der Waals surface area contributed by atoms with Gasteiger partial charge >= 0.3 is 0 Å². The van der Waals surface area contributed by atoms with Crippen molar-refractivity contribution < 1.29 is 13.2 Å². The Bertz CT molecular complexity index is 909. The number of sulfonamides is 1. The topological polar surface area (TPSA) is 66.5 Å². The number of hydrogen-bond donors (Lipinski definition) is 1. The lowest BCUT2D eigenvalue weighted by molar-refractivity contribution is 0.0778. The van der Waals surface area contributed by atoms with Crippen molar-refractivity contribution in [1.29, 1.82) is 0 Å². The van der Waals surface area contributed by atoms with Crippen molar-refractivity contribution in [1.82, 2.24) is 4.90 Å². The third kappa shape index (κ3) is 5.19. The number of rotatable bonds is 7. The predicted molar refractivity (Wildman–Crippen MR) is 108 cm³/mol. The largest absolute Gasteiger partial charge is 0.335 e. The van der Waals surface area contributed by atoms with Crippen LogP contribution in [0.2, 0.25) is 0 Å². The van der Waals surface area contributed by atoms with Crippen LogP contribution in [0, 0.1) is 0 Å². The lowest BCUT2D eigenvalue weighted by atomic mass is 10.2. The number of nitrogens with one attached hydrogen (secondary N) is 1. The van der Waals surface area contributed by atoms with Crippen LogP contribution in [0.4, 0.5) is 5.69 Å². The number of anilines is 1. The van der Waals surface area contributed by atoms with Gasteiger partial charge in [0.15, 0.2) is 0 Å². The van der Waals surface area contributed by atoms with Crippen molar-refractivity contribution in [2.24, 2.45) is 0 Å². The molecule has 1 amide bonds. The van der Waals surface area contributed by atoms with Crippen molar-refractivity contribution in [3.63, 3.8) is 0 Å². The zero-order chi connectivity index (χ0) is 19.3. The Morgan fingerprint density at radius 3 is 2.42 bits per heavy atom. The van der Waals surface area contributed by atoms with E-state index in [0.717, 1.165) is 10.0 Å². The molecule has 0 aliphatic rings. The summed E-state index contributed by atoms with van der Waals surface area (Å²) >= 11 is 3.31. The molecule has 0 unspecified atom stereocenters. The first-order chi connectivity index (χ1) is 12.2. The summed E-state index contributed by atoms with van der Waals surface area (Å²) in [5.41, 5.74) is 1.63. The zero-order valence-electron chi connectivity index (χ0n) is 14.7. The minimum Gasteiger partial charge on any atom is -0.335 e. The molecule has 138 valence electrons. The smallest absolute Gasteiger partial charge is 0.261 e. The van der Waals surface area contributed by atoms with Gasteiger partial charge in [-0.1, -0.05) is 34.1 Å². The molecule has 0 fully saturated rings. The molecule has 0 spiro atoms. The Labute approximate surface area is 162 Å². The van der Waals surface area contributed by atoms with Crippen LogP contribution < -0.4 is 4.72 Å². The maximum Gasteiger partial charge on any atom is 0.261 e. The molecule has 0 aliphatic carbocycles. The summed E-state index contributed by atoms with van der Waals surface area (Å²) in [4.78, 5) is 14.3. The van der Waals surface area contributed by atoms with E-state index in [-0.39, 0.29) is 10.8 Å². The van der Waals surface area contributed by atoms with Gasteiger partial charge in [0.1, 0.15) is 0 Å². The molecule has 0 aliphatic heterocycles. The van der Waals surface area contributed by atoms with E-state index >= 15 is 0 Å². The summed E-state index contributed by atoms with van der Waals surface area (Å²) in [6, 6.07) is 12.8. The lowest BCUT2D eigenvalue weighted by Crippen LogP contribution is -2.32. The highest BCUT2D eigenvalue weighted by Gasteiger charge is 2.19. The first-order valence-electron chi connectivity index (χ1n) is 8.05. The third-order valence-electron chi connectivity index (χ3n) is 3.62. The second-order valence-electron chi connectivity index (χ2n) is 5.92. The summed E-state index contributed by atoms with van der Waals surface area (Å²) in [5.74, 6) is -0.226. The highest BCUT2D eigenvalue weighted by Crippen LogP contribution is 2.20. The first-order valence-corrected chi connectivity index (χ1v) is 10.3. The zero-order valence-corrected chi connectivity index (χ0v) is 17.1. The SMILES string of the molecule is C=C(C)CN(CC)C(=O)c1cccc(S(=O)(=O)Nc2ccc(Br)cc2)c1. The molecule has 0 bridgehead atoms. The first kappa shape index (κ1) is 20.2. The van der Waals surface area contributed by atoms with E-state index in [0.29, 0.717) is 24.3 Å². The van der Waals surface area contributed by atoms with Crippen molar-refractivity contribution in [3.8, 4) is 0 Å². The third-order valence-corrected chi connectivity index (χ3v) is 5.53. The normalized spacial score (nSPS) is 11.0. The van der Waals surface area contributed by atoms with Crippen molar-refractivity contribution in [2.45, 2.75) is 18.7 Å². The van der Waals surface area contributed by atoms with Gasteiger partial charge in [-0.2, -0.15) is 0 Å². The van der Waals surface area contributed by atoms with Crippen LogP contribution in [0.15, 0.2) is 70.1 Å². The van der Waals surface area contributed by atoms with Gasteiger partial charge in [-0.25, -0.2) is 8.42 Å². The standard InChI is InChI=1S/C19H21BrN2O3S/c1-4-22(13-14(2)3)19(23)15-6-5-7-18(12-15)26(24,25)21-17-10-8-16(20)9-11-17/h5-12,21H,2,4,13H2,1,3H3. The number of hydrogen-bond acceptors (Lipinski definition) is 3. The number of carbonyl (C=O) groups is 1. The molecule has 0 aromatic heterocycles. The van der Waals surface area contributed by atoms with Gasteiger partial charge in [-0.3, -0.25) is 9.52 Å². The summed E-state index contributed by atoms with van der Waals surface area (Å²) < 4.78 is 28.6. The Hall–Kier alpha value is -2.12. The van der Waals surface area contributed by atoms with Crippen molar-refractivity contribution in [3.05, 3.63) is 70.7 Å². The molecule has 2 aromatic rings. The minimum absolute atomic E-state index is 0.0395. The van der Waals surface area contributed by atoms with Gasteiger partial charge in [0.05, 0.1) is 4.90 Å². The molecule has 7 heteroatoms. The van der Waals surface area contributed by atoms with E-state index < -0.39 is 10.0 Å². The molecule has 0 radical (unpaired) electrons. The fourth-order valence-electron chi connectivity index (χ4n) is 2.36. The molecular formula is C19H21BrN2O3S. The number of halogens is 1. The van der Waals surface area contributed by atoms with Crippen LogP contribution >= 0.6 is 15.9 Å². The molecule has 0 heterocycles. The fourth-order valence-corrected chi connectivity index (χ4v) is 3.73. The highest BCUT2D eigenvalue weighted by molar-refractivity contribution is 9.10. The molecule has 0 saturated heterocycles. The van der Waals surface area contributed by atoms with Gasteiger partial charge in [-0.15, -0.1) is 0 Å². The van der Waals surface area contributed by atoms with E-state index in [9.17, 15) is 13.2 Å². The van der Waals surface area contributed by atoms with Gasteiger partial charge < -0.3 is 4.90 Å². The second-order valence-corrected chi connectivity index (χ2v) is 8.51. The average Bonchev–Trinajstić information content (AvgIpc) is 2.61. The highest BCUT2D eigenvalue weighted by atomic mass is 79.9. The lowest BCUT2D eigenvalue weighted by Gasteiger charge is -2.21. The molecular weight excluding hydrogens is 416 g/mol. The Balaban J connectivity index is 2.28. The maximum atomic E-state index is 12.7. The Morgan fingerprint density at radius 1 is 1.19 bits per heavy atom. The number of amides is 1. The van der Waals surface area contributed by atoms with E-state index in [1.807, 2.05) is 13.8 Å². The molecule has 26 heavy (non-hydrogen) atoms. The van der Waals surface area contributed by atoms with Gasteiger partial charge in [0.2, 0.25) is 0 Å². The fraction of sp³-hybridized carbons (Fsp3) is 0.211. The molecule has 2 rings (SSSR count). The van der Waals surface area contributed by atoms with Gasteiger partial charge in [0.25, 0.3) is 15.9 Å². The predicted octanol–water partition coefficient (Wildman–Crippen LogP) is 4.29. The van der Waals surface area contributed by atoms with Crippen LogP contribution in [0.3, 0.4) is 0 Å². The van der Waals surface area contributed by atoms with Gasteiger partial charge in [-0.05, 0) is 56.3 Å². The second kappa shape index (κ2) is 8.51. The van der Waals surface area contributed by atoms with Crippen LogP contribution in [0.1, 0.15) is 24.2 Å². The van der Waals surface area contributed by atoms with Crippen molar-refractivity contribution in [2.75, 3.05) is 17.8 Å². The molecule has 5 nitrogen and oxygen atoms in total. The molecule has 0 atom stereocenters. The number of carbonyl (C=O) groups excluding carboxylic acids is 1. The average molecular weight is 437 g/mol. The molecule has 0 saturated carbocycles. The van der Waals surface area contributed by atoms with E-state index in [1.54, 1.807) is 41.3 Å². The number of nitrogens with zero attached hydrogens (tertiary/aromatic N) is 1. The van der Waals surface area contributed by atoms with Crippen LogP contribution in [0.25, 0.3) is 0 Å². The number of benzene rings is 2. The van der Waals surface area contributed by atoms with E-state index in [4.69, 9.17) is 0 Å². The quantitative estimate of drug-likeness (QED) is 0.658. The molecule has 2 aromatic carbocycles. The number of likely N-dealkylation sites (N-methyl/N-ethyl adjacent to an activating group) is 1. The summed E-state index contributed by atoms with van der Waals surface area (Å²) in [5, 5.41) is 0. The van der Waals surface area contributed by atoms with Crippen LogP contribution in [0.5, 0.6) is 0 Å². The van der Waals surface area contributed by atoms with Crippen LogP contribution in [-0.2, 0) is 10.0 Å². The van der Waals surface area contributed by atoms with Crippen LogP contribution in [-0.4, -0.2) is 32.3 Å². The minimum atomic E-state index is -3.79. The van der Waals surface area contributed by atoms with Gasteiger partial charge in [0, 0.05) is 28.8 Å². The Morgan fingerprint density at radius 2 is 1.85 bits per heavy atom. The molecule has 1 N–H and O–H groups in total. The van der Waals surface area contributed by atoms with E-state index in [1.165, 1.54) is 12.1 Å². The monoisotopic (exact) mass is 436 g/mol. The maximum absolute atomic E-state index is 12.7. The summed E-state index contributed by atoms with van der Waals surface area (Å²) in [6.45, 7) is 8.49. The van der Waals surface area contributed by atoms with Crippen molar-refractivity contribution >= 4 is 37.5 Å². The Kier molecular flexibility index (Phi) is 6.61. The summed E-state index contributed by atoms with van der Waals surface area (Å²) in [6.07, 6.45) is 0. The van der Waals surface area contributed by atoms with E-state index in [2.05, 4.69) is 27.2 Å². The summed E-state index contributed by atoms with van der Waals surface area (Å²) in [7, 11) is -3.79.